The number of hydrogen-bond acceptors (Lipinski definition) is 8. The molecule has 0 bridgehead atoms. The van der Waals surface area contributed by atoms with Gasteiger partial charge in [0, 0.05) is 32.0 Å². The molecule has 3 aromatic rings. The van der Waals surface area contributed by atoms with E-state index in [4.69, 9.17) is 14.3 Å². The summed E-state index contributed by atoms with van der Waals surface area (Å²) in [5.41, 5.74) is 0.403. The highest BCUT2D eigenvalue weighted by molar-refractivity contribution is 5.90. The molecule has 11 nitrogen and oxygen atoms in total. The molecule has 1 aliphatic rings. The van der Waals surface area contributed by atoms with Crippen molar-refractivity contribution in [2.24, 2.45) is 0 Å². The third-order valence-electron chi connectivity index (χ3n) is 5.91. The van der Waals surface area contributed by atoms with Crippen LogP contribution in [0.25, 0.3) is 5.69 Å². The average molecular weight is 547 g/mol. The lowest BCUT2D eigenvalue weighted by molar-refractivity contribution is -0.154. The third-order valence-corrected chi connectivity index (χ3v) is 5.91. The monoisotopic (exact) mass is 546 g/mol. The van der Waals surface area contributed by atoms with E-state index in [0.717, 1.165) is 6.07 Å². The van der Waals surface area contributed by atoms with Crippen LogP contribution in [0.5, 0.6) is 5.88 Å². The van der Waals surface area contributed by atoms with Gasteiger partial charge in [-0.3, -0.25) is 10.2 Å². The Balaban J connectivity index is 1.57. The molecule has 0 radical (unpaired) electrons. The van der Waals surface area contributed by atoms with Gasteiger partial charge in [0.2, 0.25) is 11.8 Å². The number of rotatable bonds is 10. The maximum Gasteiger partial charge on any atom is 0.320 e. The van der Waals surface area contributed by atoms with Gasteiger partial charge in [-0.05, 0) is 39.0 Å². The first-order valence-electron chi connectivity index (χ1n) is 12.3. The Bertz CT molecular complexity index is 1280. The van der Waals surface area contributed by atoms with E-state index in [1.165, 1.54) is 10.9 Å². The van der Waals surface area contributed by atoms with Crippen LogP contribution >= 0.6 is 0 Å². The first-order chi connectivity index (χ1) is 18.6. The number of aromatic nitrogens is 3. The number of benzene rings is 1. The molecule has 13 heteroatoms. The van der Waals surface area contributed by atoms with Gasteiger partial charge in [-0.1, -0.05) is 18.2 Å². The zero-order valence-corrected chi connectivity index (χ0v) is 22.1. The van der Waals surface area contributed by atoms with Crippen LogP contribution < -0.4 is 15.4 Å². The molecule has 1 saturated heterocycles. The van der Waals surface area contributed by atoms with Gasteiger partial charge in [0.25, 0.3) is 0 Å². The summed E-state index contributed by atoms with van der Waals surface area (Å²) in [5, 5.41) is 21.9. The molecule has 1 aliphatic heterocycles. The molecule has 1 aromatic carbocycles. The van der Waals surface area contributed by atoms with E-state index in [2.05, 4.69) is 20.7 Å². The van der Waals surface area contributed by atoms with Crippen LogP contribution in [0, 0.1) is 18.7 Å². The molecule has 2 atom stereocenters. The number of urea groups is 1. The van der Waals surface area contributed by atoms with Crippen molar-refractivity contribution >= 4 is 11.8 Å². The number of anilines is 1. The molecule has 210 valence electrons. The van der Waals surface area contributed by atoms with Crippen LogP contribution in [0.15, 0.2) is 42.6 Å². The van der Waals surface area contributed by atoms with E-state index >= 15 is 0 Å². The highest BCUT2D eigenvalue weighted by atomic mass is 19.2. The molecule has 2 amide bonds. The first-order valence-corrected chi connectivity index (χ1v) is 12.3. The molecule has 0 saturated carbocycles. The van der Waals surface area contributed by atoms with Gasteiger partial charge in [0.15, 0.2) is 5.82 Å². The van der Waals surface area contributed by atoms with Crippen LogP contribution in [0.4, 0.5) is 19.4 Å². The van der Waals surface area contributed by atoms with Crippen molar-refractivity contribution in [3.63, 3.8) is 0 Å². The standard InChI is InChI=1S/C26H32F2N6O5/c1-16-23(34(18-8-6-5-7-9-18)32-24(16)38-15-26(2,3)36)31-25(35)30-20-14-33(10-11-37-4)39-21(20)17-12-19(27)22(28)29-13-17/h5-9,12-13,20-21,36H,10-11,14-15H2,1-4H3,(H2,30,31,35)/t20-,21+/m0/s1. The van der Waals surface area contributed by atoms with Crippen LogP contribution in [0.2, 0.25) is 0 Å². The normalized spacial score (nSPS) is 17.8. The predicted molar refractivity (Wildman–Crippen MR) is 137 cm³/mol. The molecular weight excluding hydrogens is 514 g/mol. The average Bonchev–Trinajstić information content (AvgIpc) is 3.43. The van der Waals surface area contributed by atoms with E-state index < -0.39 is 35.5 Å². The van der Waals surface area contributed by atoms with Crippen LogP contribution in [0.3, 0.4) is 0 Å². The number of methoxy groups -OCH3 is 1. The number of para-hydroxylation sites is 1. The Kier molecular flexibility index (Phi) is 8.75. The van der Waals surface area contributed by atoms with E-state index in [-0.39, 0.29) is 24.6 Å². The fraction of sp³-hybridized carbons (Fsp3) is 0.423. The minimum atomic E-state index is -1.22. The van der Waals surface area contributed by atoms with Crippen molar-refractivity contribution in [3.05, 3.63) is 65.5 Å². The highest BCUT2D eigenvalue weighted by Gasteiger charge is 2.37. The van der Waals surface area contributed by atoms with Crippen molar-refractivity contribution in [1.29, 1.82) is 0 Å². The summed E-state index contributed by atoms with van der Waals surface area (Å²) in [7, 11) is 1.55. The van der Waals surface area contributed by atoms with E-state index in [1.54, 1.807) is 32.9 Å². The van der Waals surface area contributed by atoms with Gasteiger partial charge in [-0.15, -0.1) is 5.10 Å². The number of nitrogens with one attached hydrogen (secondary N) is 2. The zero-order valence-electron chi connectivity index (χ0n) is 22.1. The summed E-state index contributed by atoms with van der Waals surface area (Å²) in [6.07, 6.45) is 0.358. The van der Waals surface area contributed by atoms with Crippen molar-refractivity contribution in [1.82, 2.24) is 25.1 Å². The highest BCUT2D eigenvalue weighted by Crippen LogP contribution is 2.31. The Hall–Kier alpha value is -3.65. The maximum atomic E-state index is 13.9. The van der Waals surface area contributed by atoms with Crippen LogP contribution in [0.1, 0.15) is 31.1 Å². The van der Waals surface area contributed by atoms with Crippen molar-refractivity contribution in [3.8, 4) is 11.6 Å². The minimum Gasteiger partial charge on any atom is -0.473 e. The summed E-state index contributed by atoms with van der Waals surface area (Å²) in [4.78, 5) is 22.6. The van der Waals surface area contributed by atoms with Gasteiger partial charge in [0.1, 0.15) is 18.5 Å². The smallest absolute Gasteiger partial charge is 0.320 e. The second-order valence-corrected chi connectivity index (χ2v) is 9.78. The van der Waals surface area contributed by atoms with Crippen molar-refractivity contribution in [2.45, 2.75) is 38.5 Å². The third kappa shape index (κ3) is 7.06. The second-order valence-electron chi connectivity index (χ2n) is 9.78. The van der Waals surface area contributed by atoms with Gasteiger partial charge in [-0.25, -0.2) is 18.9 Å². The number of pyridine rings is 1. The number of amides is 2. The summed E-state index contributed by atoms with van der Waals surface area (Å²) in [5.74, 6) is -1.74. The molecule has 0 aliphatic carbocycles. The summed E-state index contributed by atoms with van der Waals surface area (Å²) in [6, 6.07) is 8.95. The second kappa shape index (κ2) is 12.0. The largest absolute Gasteiger partial charge is 0.473 e. The summed E-state index contributed by atoms with van der Waals surface area (Å²) < 4.78 is 39.8. The Morgan fingerprint density at radius 1 is 1.28 bits per heavy atom. The fourth-order valence-corrected chi connectivity index (χ4v) is 4.01. The van der Waals surface area contributed by atoms with E-state index in [1.807, 2.05) is 30.3 Å². The molecule has 4 rings (SSSR count). The molecule has 3 heterocycles. The lowest BCUT2D eigenvalue weighted by Crippen LogP contribution is -2.42. The number of nitrogens with zero attached hydrogens (tertiary/aromatic N) is 4. The fourth-order valence-electron chi connectivity index (χ4n) is 4.01. The van der Waals surface area contributed by atoms with Gasteiger partial charge >= 0.3 is 6.03 Å². The Morgan fingerprint density at radius 2 is 2.03 bits per heavy atom. The molecule has 3 N–H and O–H groups in total. The zero-order chi connectivity index (χ0) is 28.2. The predicted octanol–water partition coefficient (Wildman–Crippen LogP) is 3.13. The Morgan fingerprint density at radius 3 is 2.69 bits per heavy atom. The lowest BCUT2D eigenvalue weighted by atomic mass is 10.0. The number of hydroxylamine groups is 2. The van der Waals surface area contributed by atoms with Crippen LogP contribution in [-0.4, -0.2) is 76.0 Å². The number of carbonyl (C=O) groups is 1. The van der Waals surface area contributed by atoms with Crippen molar-refractivity contribution in [2.75, 3.05) is 38.7 Å². The molecule has 0 unspecified atom stereocenters. The lowest BCUT2D eigenvalue weighted by Gasteiger charge is -2.19. The van der Waals surface area contributed by atoms with Crippen LogP contribution in [-0.2, 0) is 9.57 Å². The molecule has 1 fully saturated rings. The first kappa shape index (κ1) is 28.4. The van der Waals surface area contributed by atoms with Gasteiger partial charge < -0.3 is 19.9 Å². The minimum absolute atomic E-state index is 0.00799. The Labute approximate surface area is 224 Å². The number of ether oxygens (including phenoxy) is 2. The van der Waals surface area contributed by atoms with E-state index in [9.17, 15) is 18.7 Å². The summed E-state index contributed by atoms with van der Waals surface area (Å²) in [6.45, 7) is 5.98. The van der Waals surface area contributed by atoms with Gasteiger partial charge in [-0.2, -0.15) is 9.45 Å². The number of hydrogen-bond donors (Lipinski definition) is 3. The van der Waals surface area contributed by atoms with E-state index in [0.29, 0.717) is 30.2 Å². The number of halogens is 2. The molecule has 0 spiro atoms. The molecular formula is C26H32F2N6O5. The SMILES string of the molecule is COCCN1C[C@H](NC(=O)Nc2c(C)c(OCC(C)(C)O)nn2-c2ccccc2)[C@@H](c2cnc(F)c(F)c2)O1. The topological polar surface area (TPSA) is 123 Å². The number of aliphatic hydroxyl groups is 1. The molecule has 2 aromatic heterocycles. The van der Waals surface area contributed by atoms with Crippen molar-refractivity contribution < 1.29 is 33.0 Å². The number of carbonyl (C=O) groups excluding carboxylic acids is 1. The quantitative estimate of drug-likeness (QED) is 0.332. The van der Waals surface area contributed by atoms with Gasteiger partial charge in [0.05, 0.1) is 29.5 Å². The molecule has 39 heavy (non-hydrogen) atoms. The maximum absolute atomic E-state index is 13.9. The summed E-state index contributed by atoms with van der Waals surface area (Å²) >= 11 is 0.